The number of hydrazone groups is 1. The van der Waals surface area contributed by atoms with Crippen LogP contribution in [0.25, 0.3) is 67.4 Å². The topological polar surface area (TPSA) is 83.9 Å². The number of anilines is 7. The Morgan fingerprint density at radius 3 is 1.25 bits per heavy atom. The Bertz CT molecular complexity index is 4270. The van der Waals surface area contributed by atoms with Crippen LogP contribution in [0.2, 0.25) is 0 Å². The van der Waals surface area contributed by atoms with Gasteiger partial charge >= 0.3 is 0 Å². The summed E-state index contributed by atoms with van der Waals surface area (Å²) >= 11 is 0. The van der Waals surface area contributed by atoms with E-state index in [0.29, 0.717) is 11.8 Å². The summed E-state index contributed by atoms with van der Waals surface area (Å²) < 4.78 is 11.3. The van der Waals surface area contributed by atoms with Gasteiger partial charge in [0, 0.05) is 70.6 Å². The standard InChI is InChI=1S/C36H22BN4O.C30H19BN5O.2Pt/c1-2-8-26(9-3-1)39-19-20-40(24-39)27-15-17-29-31-11-5-7-13-35(31)41-34-12-6-4-10-30(34)28-16-14-25(36-38-18-21-42-36)22-32(28)37(41)33(29)23-27;1-34-19-35(18-33-34)21-11-13-23-25-7-3-5-9-29(25)36-28-8-4-2-6-24(28)22-12-10-20(30-32-14-15-37-30)16-26(22)31(36)27(23)17-21;;/h1-21,24H;2-15,18-19H,1H3;;/q2*-3;;. The SMILES string of the molecule is CN1[CH-]N(c2[c-]c3c(cc2)-c2ccccc2N2B3c3[c-]c(-c4ncco4)ccc3-c3ccccc32)C=N1.[Pt].[Pt].[c-]1c(-c2ncco2)ccc2c1B1c3[c-]c(N4C=CN(c5ccccc5)[CH-]4)ccc3-c3ccccc3N1c1ccccc1-2. The molecule has 81 heavy (non-hydrogen) atoms. The molecule has 11 nitrogen and oxygen atoms in total. The molecule has 6 aliphatic rings. The third-order valence-electron chi connectivity index (χ3n) is 15.5. The van der Waals surface area contributed by atoms with Crippen LogP contribution in [0.4, 0.5) is 39.8 Å². The van der Waals surface area contributed by atoms with Crippen LogP contribution in [0.5, 0.6) is 0 Å². The first kappa shape index (κ1) is 50.3. The molecule has 0 amide bonds. The minimum absolute atomic E-state index is 0. The van der Waals surface area contributed by atoms with E-state index in [2.05, 4.69) is 242 Å². The van der Waals surface area contributed by atoms with E-state index in [1.165, 1.54) is 56.1 Å². The molecule has 11 aromatic rings. The molecule has 0 fully saturated rings. The summed E-state index contributed by atoms with van der Waals surface area (Å²) in [5.74, 6) is 1.13. The second-order valence-electron chi connectivity index (χ2n) is 19.9. The molecule has 15 heteroatoms. The fraction of sp³-hybridized carbons (Fsp3) is 0.0152. The van der Waals surface area contributed by atoms with Gasteiger partial charge in [-0.15, -0.1) is 106 Å². The summed E-state index contributed by atoms with van der Waals surface area (Å²) in [7, 11) is 1.92. The minimum atomic E-state index is -0.133. The Morgan fingerprint density at radius 1 is 0.407 bits per heavy atom. The van der Waals surface area contributed by atoms with Crippen molar-refractivity contribution < 1.29 is 51.0 Å². The predicted octanol–water partition coefficient (Wildman–Crippen LogP) is 11.4. The Morgan fingerprint density at radius 2 is 0.815 bits per heavy atom. The van der Waals surface area contributed by atoms with Gasteiger partial charge in [-0.2, -0.15) is 35.2 Å². The van der Waals surface area contributed by atoms with Gasteiger partial charge < -0.3 is 38.2 Å². The number of hydrogen-bond acceptors (Lipinski definition) is 11. The number of rotatable bonds is 5. The van der Waals surface area contributed by atoms with Gasteiger partial charge in [0.2, 0.25) is 0 Å². The van der Waals surface area contributed by atoms with Crippen LogP contribution in [0.15, 0.2) is 227 Å². The van der Waals surface area contributed by atoms with Crippen molar-refractivity contribution in [1.82, 2.24) is 15.0 Å². The maximum absolute atomic E-state index is 5.69. The summed E-state index contributed by atoms with van der Waals surface area (Å²) in [6, 6.07) is 77.1. The molecular weight excluding hydrogens is 1360 g/mol. The molecule has 0 atom stereocenters. The number of oxazole rings is 2. The molecule has 2 aromatic heterocycles. The Hall–Kier alpha value is -8.88. The zero-order chi connectivity index (χ0) is 52.1. The zero-order valence-electron chi connectivity index (χ0n) is 43.1. The van der Waals surface area contributed by atoms with Crippen LogP contribution in [0, 0.1) is 37.6 Å². The van der Waals surface area contributed by atoms with Crippen molar-refractivity contribution in [1.29, 1.82) is 0 Å². The molecule has 0 aliphatic carbocycles. The monoisotopic (exact) mass is 1400 g/mol. The van der Waals surface area contributed by atoms with Crippen molar-refractivity contribution in [2.24, 2.45) is 5.10 Å². The molecule has 6 aliphatic heterocycles. The number of nitrogens with zero attached hydrogens (tertiary/aromatic N) is 9. The zero-order valence-corrected chi connectivity index (χ0v) is 47.6. The van der Waals surface area contributed by atoms with Gasteiger partial charge in [-0.3, -0.25) is 9.97 Å². The second kappa shape index (κ2) is 20.3. The number of fused-ring (bicyclic) bond motifs is 22. The first-order chi connectivity index (χ1) is 39.1. The van der Waals surface area contributed by atoms with Crippen molar-refractivity contribution in [3.05, 3.63) is 251 Å². The molecule has 0 saturated carbocycles. The number of hydrogen-bond donors (Lipinski definition) is 0. The van der Waals surface area contributed by atoms with Crippen LogP contribution in [0.3, 0.4) is 0 Å². The summed E-state index contributed by atoms with van der Waals surface area (Å²) in [6.45, 7) is 3.79. The van der Waals surface area contributed by atoms with E-state index in [-0.39, 0.29) is 55.8 Å². The maximum atomic E-state index is 5.69. The van der Waals surface area contributed by atoms with Crippen LogP contribution in [0.1, 0.15) is 0 Å². The van der Waals surface area contributed by atoms with Crippen LogP contribution in [-0.2, 0) is 42.1 Å². The van der Waals surface area contributed by atoms with Crippen LogP contribution in [-0.4, -0.2) is 42.1 Å². The van der Waals surface area contributed by atoms with Gasteiger partial charge in [0.15, 0.2) is 0 Å². The number of para-hydroxylation sites is 5. The van der Waals surface area contributed by atoms with E-state index in [4.69, 9.17) is 8.83 Å². The number of aromatic nitrogens is 2. The van der Waals surface area contributed by atoms with E-state index in [1.807, 2.05) is 37.1 Å². The van der Waals surface area contributed by atoms with E-state index >= 15 is 0 Å². The van der Waals surface area contributed by atoms with Gasteiger partial charge in [0.05, 0.1) is 31.3 Å². The first-order valence-corrected chi connectivity index (χ1v) is 26.2. The average molecular weight is 1400 g/mol. The third kappa shape index (κ3) is 8.23. The average Bonchev–Trinajstić information content (AvgIpc) is 4.51. The van der Waals surface area contributed by atoms with Gasteiger partial charge in [0.1, 0.15) is 11.8 Å². The number of benzene rings is 9. The van der Waals surface area contributed by atoms with Crippen LogP contribution < -0.4 is 46.2 Å². The summed E-state index contributed by atoms with van der Waals surface area (Å²) in [5, 5.41) is 6.14. The molecule has 394 valence electrons. The second-order valence-corrected chi connectivity index (χ2v) is 19.9. The molecular formula is C66H41B2N9O2Pt2-6. The Labute approximate surface area is 498 Å². The van der Waals surface area contributed by atoms with Crippen molar-refractivity contribution >= 4 is 81.7 Å². The van der Waals surface area contributed by atoms with Crippen molar-refractivity contribution in [2.75, 3.05) is 31.4 Å². The fourth-order valence-electron chi connectivity index (χ4n) is 12.1. The van der Waals surface area contributed by atoms with Gasteiger partial charge in [-0.1, -0.05) is 113 Å². The summed E-state index contributed by atoms with van der Waals surface area (Å²) in [5.41, 5.74) is 23.2. The van der Waals surface area contributed by atoms with Crippen molar-refractivity contribution in [3.8, 4) is 67.4 Å². The third-order valence-corrected chi connectivity index (χ3v) is 15.5. The normalized spacial score (nSPS) is 14.1. The molecule has 9 aromatic carbocycles. The summed E-state index contributed by atoms with van der Waals surface area (Å²) in [4.78, 5) is 19.9. The Balaban J connectivity index is 0.000000143. The fourth-order valence-corrected chi connectivity index (χ4v) is 12.1. The molecule has 0 unspecified atom stereocenters. The molecule has 8 heterocycles. The first-order valence-electron chi connectivity index (χ1n) is 26.2. The van der Waals surface area contributed by atoms with Gasteiger partial charge in [-0.05, 0) is 67.0 Å². The Kier molecular flexibility index (Phi) is 12.6. The van der Waals surface area contributed by atoms with Crippen molar-refractivity contribution in [2.45, 2.75) is 0 Å². The molecule has 17 rings (SSSR count). The van der Waals surface area contributed by atoms with E-state index in [9.17, 15) is 0 Å². The van der Waals surface area contributed by atoms with Gasteiger partial charge in [-0.25, -0.2) is 5.10 Å². The summed E-state index contributed by atoms with van der Waals surface area (Å²) in [6.07, 6.45) is 12.5. The van der Waals surface area contributed by atoms with Crippen molar-refractivity contribution in [3.63, 3.8) is 0 Å². The maximum Gasteiger partial charge on any atom is 0.285 e. The molecule has 0 bridgehead atoms. The van der Waals surface area contributed by atoms with Crippen LogP contribution >= 0.6 is 0 Å². The predicted molar refractivity (Wildman–Crippen MR) is 316 cm³/mol. The quantitative estimate of drug-likeness (QED) is 0.123. The molecule has 0 saturated heterocycles. The molecule has 0 spiro atoms. The molecule has 0 N–H and O–H groups in total. The van der Waals surface area contributed by atoms with E-state index in [1.54, 1.807) is 29.9 Å². The largest absolute Gasteiger partial charge is 0.500 e. The minimum Gasteiger partial charge on any atom is -0.500 e. The van der Waals surface area contributed by atoms with E-state index in [0.717, 1.165) is 61.2 Å². The van der Waals surface area contributed by atoms with E-state index < -0.39 is 0 Å². The smallest absolute Gasteiger partial charge is 0.285 e. The molecule has 0 radical (unpaired) electrons. The van der Waals surface area contributed by atoms with Gasteiger partial charge in [0.25, 0.3) is 13.7 Å².